The normalized spacial score (nSPS) is 14.0. The van der Waals surface area contributed by atoms with Crippen LogP contribution in [-0.2, 0) is 0 Å². The maximum absolute atomic E-state index is 13.2. The Hall–Kier alpha value is -3.04. The van der Waals surface area contributed by atoms with Crippen molar-refractivity contribution in [1.82, 2.24) is 24.6 Å². The fraction of sp³-hybridized carbons (Fsp3) is 0.136. The lowest BCUT2D eigenvalue weighted by Crippen LogP contribution is -2.35. The van der Waals surface area contributed by atoms with Crippen molar-refractivity contribution in [3.63, 3.8) is 0 Å². The quantitative estimate of drug-likeness (QED) is 0.409. The first-order valence-electron chi connectivity index (χ1n) is 9.79. The number of halogens is 2. The van der Waals surface area contributed by atoms with Gasteiger partial charge in [-0.25, -0.2) is 23.9 Å². The molecule has 1 aliphatic heterocycles. The highest BCUT2D eigenvalue weighted by atomic mass is 79.9. The van der Waals surface area contributed by atoms with Crippen LogP contribution in [0.5, 0.6) is 0 Å². The van der Waals surface area contributed by atoms with Crippen LogP contribution >= 0.6 is 15.9 Å². The summed E-state index contributed by atoms with van der Waals surface area (Å²) in [7, 11) is -1.26. The second kappa shape index (κ2) is 8.24. The van der Waals surface area contributed by atoms with E-state index in [1.54, 1.807) is 18.5 Å². The minimum atomic E-state index is -1.26. The summed E-state index contributed by atoms with van der Waals surface area (Å²) < 4.78 is 16.0. The van der Waals surface area contributed by atoms with Crippen LogP contribution in [0, 0.1) is 5.82 Å². The zero-order valence-electron chi connectivity index (χ0n) is 16.5. The lowest BCUT2D eigenvalue weighted by Gasteiger charge is -2.27. The van der Waals surface area contributed by atoms with Crippen LogP contribution in [0.15, 0.2) is 65.8 Å². The Morgan fingerprint density at radius 2 is 1.84 bits per heavy atom. The van der Waals surface area contributed by atoms with Gasteiger partial charge in [0.1, 0.15) is 17.7 Å². The van der Waals surface area contributed by atoms with Gasteiger partial charge >= 0.3 is 0 Å². The monoisotopic (exact) mass is 492 g/mol. The molecule has 1 aliphatic rings. The molecule has 5 rings (SSSR count). The molecule has 0 aliphatic carbocycles. The Morgan fingerprint density at radius 1 is 1.06 bits per heavy atom. The number of fused-ring (bicyclic) bond motifs is 1. The van der Waals surface area contributed by atoms with Gasteiger partial charge in [-0.2, -0.15) is 5.10 Å². The molecule has 6 nitrogen and oxygen atoms in total. The molecule has 0 radical (unpaired) electrons. The summed E-state index contributed by atoms with van der Waals surface area (Å²) in [6, 6.07) is 8.54. The number of anilines is 1. The molecule has 1 aromatic carbocycles. The third kappa shape index (κ3) is 3.98. The molecule has 9 heteroatoms. The van der Waals surface area contributed by atoms with Gasteiger partial charge in [0.2, 0.25) is 0 Å². The molecule has 0 bridgehead atoms. The van der Waals surface area contributed by atoms with E-state index in [-0.39, 0.29) is 5.82 Å². The van der Waals surface area contributed by atoms with Crippen molar-refractivity contribution in [2.24, 2.45) is 0 Å². The summed E-state index contributed by atoms with van der Waals surface area (Å²) in [5.41, 5.74) is 2.10. The Balaban J connectivity index is 1.33. The maximum Gasteiger partial charge on any atom is 0.156 e. The van der Waals surface area contributed by atoms with Gasteiger partial charge in [0, 0.05) is 36.2 Å². The molecule has 0 atom stereocenters. The van der Waals surface area contributed by atoms with Crippen molar-refractivity contribution in [3.05, 3.63) is 77.4 Å². The van der Waals surface area contributed by atoms with Crippen LogP contribution in [0.3, 0.4) is 0 Å². The van der Waals surface area contributed by atoms with Gasteiger partial charge in [0.25, 0.3) is 0 Å². The summed E-state index contributed by atoms with van der Waals surface area (Å²) in [5.74, 6) is 1.42. The molecule has 0 fully saturated rings. The molecule has 154 valence electrons. The summed E-state index contributed by atoms with van der Waals surface area (Å²) in [4.78, 5) is 15.9. The van der Waals surface area contributed by atoms with Crippen molar-refractivity contribution >= 4 is 57.8 Å². The molecule has 4 heterocycles. The minimum Gasteiger partial charge on any atom is -0.351 e. The number of nitrogens with zero attached hydrogens (tertiary/aromatic N) is 6. The van der Waals surface area contributed by atoms with Gasteiger partial charge in [-0.1, -0.05) is 18.2 Å². The third-order valence-corrected chi connectivity index (χ3v) is 7.76. The molecule has 3 aromatic heterocycles. The molecule has 31 heavy (non-hydrogen) atoms. The van der Waals surface area contributed by atoms with Gasteiger partial charge in [-0.05, 0) is 56.5 Å². The molecule has 0 saturated heterocycles. The number of hydrogen-bond donors (Lipinski definition) is 0. The molecular weight excluding hydrogens is 475 g/mol. The van der Waals surface area contributed by atoms with E-state index < -0.39 is 8.41 Å². The minimum absolute atomic E-state index is 0.240. The van der Waals surface area contributed by atoms with Crippen LogP contribution in [-0.4, -0.2) is 52.2 Å². The summed E-state index contributed by atoms with van der Waals surface area (Å²) >= 11 is 3.50. The lowest BCUT2D eigenvalue weighted by atomic mass is 10.1. The highest BCUT2D eigenvalue weighted by molar-refractivity contribution is 9.10. The Labute approximate surface area is 188 Å². The molecule has 0 unspecified atom stereocenters. The van der Waals surface area contributed by atoms with Gasteiger partial charge in [0.15, 0.2) is 11.6 Å². The summed E-state index contributed by atoms with van der Waals surface area (Å²) in [6.07, 6.45) is 14.5. The zero-order valence-corrected chi connectivity index (χ0v) is 19.1. The van der Waals surface area contributed by atoms with Gasteiger partial charge in [-0.3, -0.25) is 0 Å². The SMILES string of the molecule is C=[Si](c1ccc(F)cc1)c1cnc(C2=CCN(c3ncnn4cc(Br)cc34)CC2)nc1. The predicted octanol–water partition coefficient (Wildman–Crippen LogP) is 2.34. The average Bonchev–Trinajstić information content (AvgIpc) is 3.20. The van der Waals surface area contributed by atoms with Crippen molar-refractivity contribution in [1.29, 1.82) is 0 Å². The van der Waals surface area contributed by atoms with Crippen LogP contribution < -0.4 is 15.3 Å². The van der Waals surface area contributed by atoms with E-state index in [9.17, 15) is 4.39 Å². The Bertz CT molecular complexity index is 1300. The van der Waals surface area contributed by atoms with E-state index in [4.69, 9.17) is 0 Å². The van der Waals surface area contributed by atoms with Crippen LogP contribution in [0.4, 0.5) is 10.2 Å². The first kappa shape index (κ1) is 19.9. The van der Waals surface area contributed by atoms with E-state index in [2.05, 4.69) is 53.1 Å². The highest BCUT2D eigenvalue weighted by Crippen LogP contribution is 2.27. The van der Waals surface area contributed by atoms with E-state index in [1.807, 2.05) is 29.2 Å². The fourth-order valence-electron chi connectivity index (χ4n) is 3.66. The average molecular weight is 493 g/mol. The van der Waals surface area contributed by atoms with Crippen LogP contribution in [0.1, 0.15) is 12.2 Å². The predicted molar refractivity (Wildman–Crippen MR) is 126 cm³/mol. The van der Waals surface area contributed by atoms with Crippen molar-refractivity contribution in [3.8, 4) is 0 Å². The topological polar surface area (TPSA) is 59.2 Å². The summed E-state index contributed by atoms with van der Waals surface area (Å²) in [5, 5.41) is 6.29. The van der Waals surface area contributed by atoms with Crippen LogP contribution in [0.25, 0.3) is 11.1 Å². The van der Waals surface area contributed by atoms with Crippen molar-refractivity contribution < 1.29 is 4.39 Å². The van der Waals surface area contributed by atoms with Gasteiger partial charge in [0.05, 0.1) is 8.41 Å². The van der Waals surface area contributed by atoms with Gasteiger partial charge in [-0.15, -0.1) is 6.17 Å². The second-order valence-corrected chi connectivity index (χ2v) is 10.3. The zero-order chi connectivity index (χ0) is 21.4. The number of benzene rings is 1. The summed E-state index contributed by atoms with van der Waals surface area (Å²) in [6.45, 7) is 1.56. The van der Waals surface area contributed by atoms with E-state index in [0.29, 0.717) is 0 Å². The number of hydrogen-bond acceptors (Lipinski definition) is 5. The lowest BCUT2D eigenvalue weighted by molar-refractivity contribution is 0.628. The number of rotatable bonds is 4. The van der Waals surface area contributed by atoms with Crippen LogP contribution in [0.2, 0.25) is 0 Å². The van der Waals surface area contributed by atoms with Crippen molar-refractivity contribution in [2.75, 3.05) is 18.0 Å². The Morgan fingerprint density at radius 3 is 2.55 bits per heavy atom. The van der Waals surface area contributed by atoms with E-state index in [1.165, 1.54) is 12.1 Å². The first-order valence-corrected chi connectivity index (χ1v) is 12.3. The standard InChI is InChI=1S/C22H18BrFN6Si/c1-31(18-4-2-17(24)3-5-18)19-11-25-21(26-12-19)15-6-8-29(9-7-15)22-20-10-16(23)13-30(20)28-14-27-22/h2-6,10-14H,1,7-9H2. The van der Waals surface area contributed by atoms with Crippen molar-refractivity contribution in [2.45, 2.75) is 6.42 Å². The Kier molecular flexibility index (Phi) is 5.29. The highest BCUT2D eigenvalue weighted by Gasteiger charge is 2.19. The fourth-order valence-corrected chi connectivity index (χ4v) is 5.41. The molecule has 0 saturated carbocycles. The number of aromatic nitrogens is 5. The molecule has 0 spiro atoms. The van der Waals surface area contributed by atoms with E-state index in [0.717, 1.165) is 57.1 Å². The molecular formula is C22H18BrFN6Si. The maximum atomic E-state index is 13.2. The molecule has 4 aromatic rings. The van der Waals surface area contributed by atoms with Gasteiger partial charge < -0.3 is 4.90 Å². The third-order valence-electron chi connectivity index (χ3n) is 5.34. The second-order valence-electron chi connectivity index (χ2n) is 7.28. The molecule has 0 amide bonds. The largest absolute Gasteiger partial charge is 0.351 e. The smallest absolute Gasteiger partial charge is 0.156 e. The van der Waals surface area contributed by atoms with E-state index >= 15 is 0 Å². The molecule has 0 N–H and O–H groups in total. The first-order chi connectivity index (χ1) is 15.1.